The van der Waals surface area contributed by atoms with E-state index in [0.29, 0.717) is 33.4 Å². The highest BCUT2D eigenvalue weighted by atomic mass is 19.1. The molecule has 0 saturated heterocycles. The Morgan fingerprint density at radius 1 is 0.968 bits per heavy atom. The van der Waals surface area contributed by atoms with Gasteiger partial charge in [-0.15, -0.1) is 0 Å². The number of hydrogen-bond donors (Lipinski definition) is 2. The summed E-state index contributed by atoms with van der Waals surface area (Å²) in [5.41, 5.74) is 2.97. The summed E-state index contributed by atoms with van der Waals surface area (Å²) < 4.78 is 13.3. The fourth-order valence-electron chi connectivity index (χ4n) is 3.18. The minimum absolute atomic E-state index is 0.120. The molecule has 4 aromatic rings. The molecule has 0 radical (unpaired) electrons. The van der Waals surface area contributed by atoms with Gasteiger partial charge >= 0.3 is 0 Å². The predicted molar refractivity (Wildman–Crippen MR) is 117 cm³/mol. The Labute approximate surface area is 178 Å². The lowest BCUT2D eigenvalue weighted by Gasteiger charge is -2.11. The second kappa shape index (κ2) is 9.13. The third-order valence-electron chi connectivity index (χ3n) is 4.68. The monoisotopic (exact) mass is 414 g/mol. The Hall–Kier alpha value is -4.13. The molecule has 0 saturated carbocycles. The van der Waals surface area contributed by atoms with Gasteiger partial charge < -0.3 is 10.6 Å². The van der Waals surface area contributed by atoms with Crippen molar-refractivity contribution in [3.05, 3.63) is 90.5 Å². The summed E-state index contributed by atoms with van der Waals surface area (Å²) in [7, 11) is 0. The molecule has 2 heterocycles. The molecule has 2 amide bonds. The number of hydrogen-bond acceptors (Lipinski definition) is 4. The van der Waals surface area contributed by atoms with Crippen molar-refractivity contribution < 1.29 is 14.0 Å². The van der Waals surface area contributed by atoms with Gasteiger partial charge in [0.25, 0.3) is 5.91 Å². The summed E-state index contributed by atoms with van der Waals surface area (Å²) >= 11 is 0. The minimum Gasteiger partial charge on any atom is -0.351 e. The quantitative estimate of drug-likeness (QED) is 0.495. The predicted octanol–water partition coefficient (Wildman–Crippen LogP) is 4.19. The number of nitrogens with zero attached hydrogens (tertiary/aromatic N) is 2. The van der Waals surface area contributed by atoms with Gasteiger partial charge in [-0.1, -0.05) is 18.2 Å². The molecule has 0 aliphatic heterocycles. The van der Waals surface area contributed by atoms with Gasteiger partial charge in [-0.05, 0) is 48.5 Å². The Kier molecular flexibility index (Phi) is 5.93. The SMILES string of the molecule is O=C(CCNC(=O)c1cc(-c2ccc(F)cc2)nc2ccccc12)Nc1cccnc1. The van der Waals surface area contributed by atoms with Gasteiger partial charge in [0.05, 0.1) is 28.7 Å². The smallest absolute Gasteiger partial charge is 0.252 e. The highest BCUT2D eigenvalue weighted by Crippen LogP contribution is 2.25. The number of benzene rings is 2. The minimum atomic E-state index is -0.341. The van der Waals surface area contributed by atoms with Crippen LogP contribution in [0.15, 0.2) is 79.1 Å². The highest BCUT2D eigenvalue weighted by Gasteiger charge is 2.14. The molecule has 0 spiro atoms. The van der Waals surface area contributed by atoms with E-state index in [4.69, 9.17) is 0 Å². The number of aromatic nitrogens is 2. The van der Waals surface area contributed by atoms with Gasteiger partial charge in [0, 0.05) is 30.1 Å². The van der Waals surface area contributed by atoms with Crippen molar-refractivity contribution in [1.82, 2.24) is 15.3 Å². The van der Waals surface area contributed by atoms with E-state index >= 15 is 0 Å². The van der Waals surface area contributed by atoms with Gasteiger partial charge in [-0.2, -0.15) is 0 Å². The van der Waals surface area contributed by atoms with E-state index in [-0.39, 0.29) is 30.6 Å². The lowest BCUT2D eigenvalue weighted by atomic mass is 10.0. The van der Waals surface area contributed by atoms with Crippen LogP contribution in [0.4, 0.5) is 10.1 Å². The Morgan fingerprint density at radius 2 is 1.77 bits per heavy atom. The molecule has 4 rings (SSSR count). The molecule has 2 N–H and O–H groups in total. The fraction of sp³-hybridized carbons (Fsp3) is 0.0833. The standard InChI is InChI=1S/C24H19FN4O2/c25-17-9-7-16(8-10-17)22-14-20(19-5-1-2-6-21(19)29-22)24(31)27-13-11-23(30)28-18-4-3-12-26-15-18/h1-10,12,14-15H,11,13H2,(H,27,31)(H,28,30). The van der Waals surface area contributed by atoms with E-state index in [1.807, 2.05) is 24.3 Å². The number of amides is 2. The first-order valence-electron chi connectivity index (χ1n) is 9.74. The molecular weight excluding hydrogens is 395 g/mol. The van der Waals surface area contributed by atoms with Crippen molar-refractivity contribution in [2.75, 3.05) is 11.9 Å². The number of fused-ring (bicyclic) bond motifs is 1. The van der Waals surface area contributed by atoms with Gasteiger partial charge in [0.15, 0.2) is 0 Å². The summed E-state index contributed by atoms with van der Waals surface area (Å²) in [5, 5.41) is 6.22. The molecule has 154 valence electrons. The molecule has 0 atom stereocenters. The number of para-hydroxylation sites is 1. The summed E-state index contributed by atoms with van der Waals surface area (Å²) in [5.74, 6) is -0.872. The van der Waals surface area contributed by atoms with Crippen LogP contribution in [-0.4, -0.2) is 28.3 Å². The maximum atomic E-state index is 13.3. The lowest BCUT2D eigenvalue weighted by Crippen LogP contribution is -2.28. The van der Waals surface area contributed by atoms with E-state index in [0.717, 1.165) is 0 Å². The number of rotatable bonds is 6. The molecule has 0 aliphatic carbocycles. The van der Waals surface area contributed by atoms with E-state index in [1.54, 1.807) is 42.7 Å². The summed E-state index contributed by atoms with van der Waals surface area (Å²) in [6, 6.07) is 18.4. The molecule has 0 unspecified atom stereocenters. The van der Waals surface area contributed by atoms with E-state index in [1.165, 1.54) is 12.1 Å². The highest BCUT2D eigenvalue weighted by molar-refractivity contribution is 6.07. The summed E-state index contributed by atoms with van der Waals surface area (Å²) in [6.45, 7) is 0.174. The lowest BCUT2D eigenvalue weighted by molar-refractivity contribution is -0.116. The average Bonchev–Trinajstić information content (AvgIpc) is 2.79. The molecule has 31 heavy (non-hydrogen) atoms. The average molecular weight is 414 g/mol. The Bertz CT molecular complexity index is 1230. The second-order valence-corrected chi connectivity index (χ2v) is 6.87. The summed E-state index contributed by atoms with van der Waals surface area (Å²) in [6.07, 6.45) is 3.29. The van der Waals surface area contributed by atoms with Crippen molar-refractivity contribution in [2.45, 2.75) is 6.42 Å². The van der Waals surface area contributed by atoms with Crippen LogP contribution in [0.1, 0.15) is 16.8 Å². The first-order valence-corrected chi connectivity index (χ1v) is 9.74. The van der Waals surface area contributed by atoms with Gasteiger partial charge in [-0.3, -0.25) is 14.6 Å². The first-order chi connectivity index (χ1) is 15.1. The molecule has 0 bridgehead atoms. The largest absolute Gasteiger partial charge is 0.351 e. The summed E-state index contributed by atoms with van der Waals surface area (Å²) in [4.78, 5) is 33.5. The number of pyridine rings is 2. The van der Waals surface area contributed by atoms with Crippen LogP contribution in [0.2, 0.25) is 0 Å². The Balaban J connectivity index is 1.50. The Morgan fingerprint density at radius 3 is 2.55 bits per heavy atom. The number of nitrogens with one attached hydrogen (secondary N) is 2. The zero-order valence-corrected chi connectivity index (χ0v) is 16.5. The molecule has 6 nitrogen and oxygen atoms in total. The van der Waals surface area contributed by atoms with Crippen LogP contribution >= 0.6 is 0 Å². The normalized spacial score (nSPS) is 10.6. The molecule has 2 aromatic heterocycles. The van der Waals surface area contributed by atoms with E-state index < -0.39 is 0 Å². The fourth-order valence-corrected chi connectivity index (χ4v) is 3.18. The van der Waals surface area contributed by atoms with Crippen LogP contribution in [0.5, 0.6) is 0 Å². The van der Waals surface area contributed by atoms with Crippen molar-refractivity contribution in [1.29, 1.82) is 0 Å². The van der Waals surface area contributed by atoms with Crippen LogP contribution in [0.25, 0.3) is 22.2 Å². The molecule has 7 heteroatoms. The van der Waals surface area contributed by atoms with Crippen molar-refractivity contribution in [3.63, 3.8) is 0 Å². The maximum absolute atomic E-state index is 13.3. The topological polar surface area (TPSA) is 84.0 Å². The van der Waals surface area contributed by atoms with Crippen LogP contribution in [-0.2, 0) is 4.79 Å². The van der Waals surface area contributed by atoms with Crippen LogP contribution in [0.3, 0.4) is 0 Å². The molecule has 0 aliphatic rings. The van der Waals surface area contributed by atoms with E-state index in [9.17, 15) is 14.0 Å². The third-order valence-corrected chi connectivity index (χ3v) is 4.68. The van der Waals surface area contributed by atoms with Crippen molar-refractivity contribution in [3.8, 4) is 11.3 Å². The first kappa shape index (κ1) is 20.2. The number of anilines is 1. The zero-order valence-electron chi connectivity index (χ0n) is 16.5. The van der Waals surface area contributed by atoms with Crippen LogP contribution < -0.4 is 10.6 Å². The molecule has 0 fully saturated rings. The second-order valence-electron chi connectivity index (χ2n) is 6.87. The van der Waals surface area contributed by atoms with E-state index in [2.05, 4.69) is 20.6 Å². The molecular formula is C24H19FN4O2. The maximum Gasteiger partial charge on any atom is 0.252 e. The van der Waals surface area contributed by atoms with Gasteiger partial charge in [0.1, 0.15) is 5.82 Å². The molecule has 2 aromatic carbocycles. The van der Waals surface area contributed by atoms with Crippen LogP contribution in [0, 0.1) is 5.82 Å². The number of carbonyl (C=O) groups excluding carboxylic acids is 2. The zero-order chi connectivity index (χ0) is 21.6. The number of halogens is 1. The third kappa shape index (κ3) is 4.90. The number of carbonyl (C=O) groups is 2. The van der Waals surface area contributed by atoms with Gasteiger partial charge in [-0.25, -0.2) is 9.37 Å². The van der Waals surface area contributed by atoms with Crippen molar-refractivity contribution >= 4 is 28.4 Å². The van der Waals surface area contributed by atoms with Gasteiger partial charge in [0.2, 0.25) is 5.91 Å². The van der Waals surface area contributed by atoms with Crippen molar-refractivity contribution in [2.24, 2.45) is 0 Å².